The average Bonchev–Trinajstić information content (AvgIpc) is 1.63. The maximum Gasteiger partial charge on any atom is 0.341 e. The second-order valence-electron chi connectivity index (χ2n) is 38.5. The Morgan fingerprint density at radius 2 is 0.563 bits per heavy atom. The smallest absolute Gasteiger partial charge is 0.341 e. The molecule has 16 rings (SSSR count). The highest BCUT2D eigenvalue weighted by atomic mass is 16.6. The van der Waals surface area contributed by atoms with Gasteiger partial charge in [-0.05, 0) is 332 Å². The number of carbonyl (C=O) groups is 8. The molecule has 1 saturated heterocycles. The van der Waals surface area contributed by atoms with Gasteiger partial charge in [0.25, 0.3) is 0 Å². The number of rotatable bonds is 36. The molecule has 4 aromatic carbocycles. The van der Waals surface area contributed by atoms with E-state index in [0.717, 1.165) is 241 Å². The summed E-state index contributed by atoms with van der Waals surface area (Å²) in [5.74, 6) is 2.44. The summed E-state index contributed by atoms with van der Waals surface area (Å²) < 4.78 is 50.3. The SMILES string of the molecule is CC[C@@H](CC[C@@H]1[C@H]2Cc3cccc(OCC(=O)O)c3C[C@H]2C[C@H]1O)OC(=O)C1CC1.CC[C@@H](CC[C@@H]1[C@H]2Cc3cccc(OCC(=O)O)c3C[C@H]2C[C@H]1O)OC(=O)C1CCCC1.CC[C@@H](CC[C@@H]1[C@H]2Cc3cccc(OCC(=O)O)c3C[C@H]2C[C@H]1O)OC(=O)C1CCCCC1.CC[C@@H](CC[C@@H]1[C@H]2Cc3cccc(OCC(=O)O)c3C[C@H]2C[C@H]1O)OC(=O)C1COC1. The van der Waals surface area contributed by atoms with E-state index in [1.54, 1.807) is 0 Å². The number of esters is 4. The fourth-order valence-electron chi connectivity index (χ4n) is 23.4. The van der Waals surface area contributed by atoms with Gasteiger partial charge in [0.15, 0.2) is 26.4 Å². The molecule has 0 unspecified atom stereocenters. The Bertz CT molecular complexity index is 4310. The van der Waals surface area contributed by atoms with Crippen LogP contribution in [0, 0.1) is 94.7 Å². The number of benzene rings is 4. The number of aliphatic carboxylic acids is 4. The summed E-state index contributed by atoms with van der Waals surface area (Å²) >= 11 is 0. The number of fused-ring (bicyclic) bond motifs is 8. The summed E-state index contributed by atoms with van der Waals surface area (Å²) in [6.45, 7) is 7.76. The molecular formula is C101H138O25. The van der Waals surface area contributed by atoms with Crippen LogP contribution in [-0.2, 0) is 113 Å². The third-order valence-electron chi connectivity index (χ3n) is 30.5. The summed E-state index contributed by atoms with van der Waals surface area (Å²) in [5.41, 5.74) is 9.16. The number of carboxylic acid groups (broad SMARTS) is 4. The highest BCUT2D eigenvalue weighted by Crippen LogP contribution is 2.54. The average molecular weight is 1750 g/mol. The Morgan fingerprint density at radius 1 is 0.325 bits per heavy atom. The molecule has 25 heteroatoms. The van der Waals surface area contributed by atoms with E-state index >= 15 is 0 Å². The molecule has 25 nitrogen and oxygen atoms in total. The number of aliphatic hydroxyl groups excluding tert-OH is 4. The molecule has 126 heavy (non-hydrogen) atoms. The molecule has 7 saturated carbocycles. The molecule has 1 aliphatic heterocycles. The molecule has 0 amide bonds. The van der Waals surface area contributed by atoms with Crippen LogP contribution in [-0.4, -0.2) is 177 Å². The van der Waals surface area contributed by atoms with Crippen molar-refractivity contribution in [2.75, 3.05) is 39.6 Å². The van der Waals surface area contributed by atoms with Crippen LogP contribution in [0.25, 0.3) is 0 Å². The van der Waals surface area contributed by atoms with Crippen LogP contribution in [0.15, 0.2) is 72.8 Å². The van der Waals surface area contributed by atoms with Crippen molar-refractivity contribution in [2.24, 2.45) is 94.7 Å². The predicted octanol–water partition coefficient (Wildman–Crippen LogP) is 14.7. The predicted molar refractivity (Wildman–Crippen MR) is 465 cm³/mol. The highest BCUT2D eigenvalue weighted by Gasteiger charge is 2.50. The Balaban J connectivity index is 0.000000144. The van der Waals surface area contributed by atoms with Crippen molar-refractivity contribution in [2.45, 2.75) is 301 Å². The van der Waals surface area contributed by atoms with Crippen LogP contribution in [0.4, 0.5) is 0 Å². The lowest BCUT2D eigenvalue weighted by molar-refractivity contribution is -0.169. The quantitative estimate of drug-likeness (QED) is 0.0155. The molecule has 20 atom stereocenters. The number of hydrogen-bond acceptors (Lipinski definition) is 21. The number of aliphatic hydroxyl groups is 4. The lowest BCUT2D eigenvalue weighted by Crippen LogP contribution is -2.38. The molecule has 8 N–H and O–H groups in total. The Labute approximate surface area is 741 Å². The fourth-order valence-corrected chi connectivity index (χ4v) is 23.4. The molecule has 0 bridgehead atoms. The topological polar surface area (TPSA) is 381 Å². The monoisotopic (exact) mass is 1750 g/mol. The van der Waals surface area contributed by atoms with E-state index in [1.165, 1.54) is 28.7 Å². The van der Waals surface area contributed by atoms with E-state index in [2.05, 4.69) is 38.1 Å². The second kappa shape index (κ2) is 45.3. The minimum absolute atomic E-state index is 0.0214. The van der Waals surface area contributed by atoms with Crippen molar-refractivity contribution < 1.29 is 122 Å². The van der Waals surface area contributed by atoms with E-state index in [1.807, 2.05) is 62.4 Å². The van der Waals surface area contributed by atoms with Gasteiger partial charge < -0.3 is 83.5 Å². The summed E-state index contributed by atoms with van der Waals surface area (Å²) in [6, 6.07) is 23.4. The van der Waals surface area contributed by atoms with Gasteiger partial charge in [-0.1, -0.05) is 108 Å². The standard InChI is InChI=1S/C27H38O6.C26H36O6.C24H32O7.C24H32O6/c1-2-20(33-27(31)17-7-4-3-5-8-17)11-12-21-22-13-18-9-6-10-25(32-16-26(29)30)23(18)14-19(22)15-24(21)28;1-2-19(32-26(30)16-6-3-4-7-16)10-11-20-21-12-17-8-5-9-24(31-15-25(28)29)22(17)13-18(21)14-23(20)27;1-2-17(31-24(28)16-11-29-12-16)6-7-18-19-8-14-4-3-5-22(30-13-23(26)27)20(14)9-15(19)10-21(18)25;1-2-17(30-24(28)14-6-7-14)8-9-18-19-10-15-4-3-5-22(29-13-23(26)27)20(15)11-16(19)12-21(18)25/h6,9-10,17,19-22,24,28H,2-5,7-8,11-16H2,1H3,(H,29,30);5,8-9,16,18-21,23,27H,2-4,6-7,10-15H2,1H3,(H,28,29);3-5,15-19,21,25H,2,6-13H2,1H3,(H,26,27);3-5,14,16-19,21,25H,2,6-13H2,1H3,(H,26,27)/t19-,20-,21+,22-,24+;18-,19-,20+,21-,23+;15-,17-,18+,19-,21+;16-,17-,18+,19-,21+/m0000/s1. The van der Waals surface area contributed by atoms with E-state index in [4.69, 9.17) is 63.1 Å². The van der Waals surface area contributed by atoms with Crippen molar-refractivity contribution in [3.8, 4) is 23.0 Å². The Hall–Kier alpha value is -8.36. The molecular weight excluding hydrogens is 1610 g/mol. The minimum Gasteiger partial charge on any atom is -0.482 e. The van der Waals surface area contributed by atoms with Crippen LogP contribution >= 0.6 is 0 Å². The van der Waals surface area contributed by atoms with Crippen molar-refractivity contribution in [3.05, 3.63) is 117 Å². The number of hydrogen-bond donors (Lipinski definition) is 8. The summed E-state index contributed by atoms with van der Waals surface area (Å²) in [4.78, 5) is 92.8. The van der Waals surface area contributed by atoms with Gasteiger partial charge in [-0.15, -0.1) is 0 Å². The van der Waals surface area contributed by atoms with Gasteiger partial charge in [-0.3, -0.25) is 19.2 Å². The van der Waals surface area contributed by atoms with Crippen LogP contribution in [0.5, 0.6) is 23.0 Å². The zero-order valence-corrected chi connectivity index (χ0v) is 74.3. The van der Waals surface area contributed by atoms with Crippen molar-refractivity contribution in [1.29, 1.82) is 0 Å². The molecule has 12 aliphatic rings. The van der Waals surface area contributed by atoms with Gasteiger partial charge in [-0.2, -0.15) is 0 Å². The third kappa shape index (κ3) is 24.8. The van der Waals surface area contributed by atoms with Gasteiger partial charge in [0, 0.05) is 0 Å². The Kier molecular flexibility index (Phi) is 34.2. The highest BCUT2D eigenvalue weighted by molar-refractivity contribution is 5.76. The molecule has 4 aromatic rings. The molecule has 692 valence electrons. The van der Waals surface area contributed by atoms with Gasteiger partial charge in [0.1, 0.15) is 53.3 Å². The van der Waals surface area contributed by atoms with Gasteiger partial charge in [0.05, 0.1) is 55.4 Å². The van der Waals surface area contributed by atoms with Gasteiger partial charge in [0.2, 0.25) is 0 Å². The molecule has 0 spiro atoms. The molecule has 0 radical (unpaired) electrons. The largest absolute Gasteiger partial charge is 0.482 e. The lowest BCUT2D eigenvalue weighted by Gasteiger charge is -2.33. The normalized spacial score (nSPS) is 28.1. The van der Waals surface area contributed by atoms with E-state index in [0.29, 0.717) is 83.6 Å². The first-order valence-electron chi connectivity index (χ1n) is 47.8. The van der Waals surface area contributed by atoms with Crippen molar-refractivity contribution in [1.82, 2.24) is 0 Å². The maximum atomic E-state index is 12.6. The summed E-state index contributed by atoms with van der Waals surface area (Å²) in [5, 5.41) is 79.1. The van der Waals surface area contributed by atoms with Gasteiger partial charge >= 0.3 is 47.8 Å². The van der Waals surface area contributed by atoms with Crippen molar-refractivity contribution in [3.63, 3.8) is 0 Å². The zero-order valence-electron chi connectivity index (χ0n) is 74.3. The minimum atomic E-state index is -0.987. The number of carbonyl (C=O) groups excluding carboxylic acids is 4. The molecule has 1 heterocycles. The molecule has 8 fully saturated rings. The molecule has 11 aliphatic carbocycles. The summed E-state index contributed by atoms with van der Waals surface area (Å²) in [6.07, 6.45) is 29.3. The van der Waals surface area contributed by atoms with E-state index in [-0.39, 0.29) is 146 Å². The lowest BCUT2D eigenvalue weighted by atomic mass is 9.73. The Morgan fingerprint density at radius 3 is 0.786 bits per heavy atom. The maximum absolute atomic E-state index is 12.6. The summed E-state index contributed by atoms with van der Waals surface area (Å²) in [7, 11) is 0. The van der Waals surface area contributed by atoms with E-state index < -0.39 is 23.9 Å². The van der Waals surface area contributed by atoms with Crippen LogP contribution < -0.4 is 18.9 Å². The third-order valence-corrected chi connectivity index (χ3v) is 30.5. The first-order chi connectivity index (χ1) is 60.8. The molecule has 0 aromatic heterocycles. The number of carboxylic acids is 4. The first-order valence-corrected chi connectivity index (χ1v) is 47.8. The van der Waals surface area contributed by atoms with Gasteiger partial charge in [-0.25, -0.2) is 19.2 Å². The van der Waals surface area contributed by atoms with Crippen molar-refractivity contribution >= 4 is 47.8 Å². The van der Waals surface area contributed by atoms with Crippen LogP contribution in [0.2, 0.25) is 0 Å². The second-order valence-corrected chi connectivity index (χ2v) is 38.5. The zero-order chi connectivity index (χ0) is 89.2. The van der Waals surface area contributed by atoms with Crippen LogP contribution in [0.1, 0.15) is 246 Å². The van der Waals surface area contributed by atoms with Crippen LogP contribution in [0.3, 0.4) is 0 Å². The number of ether oxygens (including phenoxy) is 9. The fraction of sp³-hybridized carbons (Fsp3) is 0.683. The van der Waals surface area contributed by atoms with E-state index in [9.17, 15) is 58.8 Å². The first kappa shape index (κ1) is 95.2.